The second-order valence-corrected chi connectivity index (χ2v) is 5.77. The summed E-state index contributed by atoms with van der Waals surface area (Å²) in [6, 6.07) is 4.39. The maximum absolute atomic E-state index is 13.6. The van der Waals surface area contributed by atoms with Gasteiger partial charge in [-0.2, -0.15) is 0 Å². The Balaban J connectivity index is 2.59. The predicted octanol–water partition coefficient (Wildman–Crippen LogP) is 3.75. The number of carbonyl (C=O) groups is 1. The Kier molecular flexibility index (Phi) is 6.34. The van der Waals surface area contributed by atoms with Gasteiger partial charge in [0.2, 0.25) is 0 Å². The second kappa shape index (κ2) is 7.77. The summed E-state index contributed by atoms with van der Waals surface area (Å²) in [5.74, 6) is -0.389. The van der Waals surface area contributed by atoms with Crippen molar-refractivity contribution in [3.05, 3.63) is 41.5 Å². The van der Waals surface area contributed by atoms with E-state index < -0.39 is 17.5 Å². The Hall–Kier alpha value is -2.11. The number of benzene rings is 1. The van der Waals surface area contributed by atoms with Crippen molar-refractivity contribution in [1.29, 1.82) is 0 Å². The van der Waals surface area contributed by atoms with Gasteiger partial charge >= 0.3 is 6.09 Å². The zero-order chi connectivity index (χ0) is 16.8. The molecule has 6 heteroatoms. The number of alkyl carbamates (subject to hydrolysis) is 1. The van der Waals surface area contributed by atoms with Crippen LogP contribution < -0.4 is 10.1 Å². The van der Waals surface area contributed by atoms with Crippen LogP contribution in [0.2, 0.25) is 0 Å². The van der Waals surface area contributed by atoms with Crippen molar-refractivity contribution in [3.8, 4) is 5.75 Å². The van der Waals surface area contributed by atoms with Crippen LogP contribution in [0.25, 0.3) is 0 Å². The van der Waals surface area contributed by atoms with Gasteiger partial charge < -0.3 is 14.8 Å². The van der Waals surface area contributed by atoms with Crippen LogP contribution in [-0.4, -0.2) is 25.3 Å². The van der Waals surface area contributed by atoms with Crippen LogP contribution in [0.15, 0.2) is 30.1 Å². The molecule has 0 heterocycles. The Morgan fingerprint density at radius 3 is 2.55 bits per heavy atom. The number of amides is 1. The molecule has 1 aromatic carbocycles. The van der Waals surface area contributed by atoms with Crippen LogP contribution in [-0.2, 0) is 11.2 Å². The quantitative estimate of drug-likeness (QED) is 0.900. The van der Waals surface area contributed by atoms with Gasteiger partial charge in [0.05, 0.1) is 13.4 Å². The Labute approximate surface area is 129 Å². The first-order valence-electron chi connectivity index (χ1n) is 6.82. The number of nitrogens with one attached hydrogen (secondary N) is 1. The monoisotopic (exact) mass is 313 g/mol. The maximum atomic E-state index is 13.6. The van der Waals surface area contributed by atoms with E-state index in [0.717, 1.165) is 0 Å². The van der Waals surface area contributed by atoms with Crippen molar-refractivity contribution in [1.82, 2.24) is 5.32 Å². The fourth-order valence-electron chi connectivity index (χ4n) is 1.72. The lowest BCUT2D eigenvalue weighted by Crippen LogP contribution is -2.33. The molecule has 0 saturated carbocycles. The van der Waals surface area contributed by atoms with E-state index in [4.69, 9.17) is 9.47 Å². The highest BCUT2D eigenvalue weighted by Crippen LogP contribution is 2.19. The lowest BCUT2D eigenvalue weighted by atomic mass is 10.1. The van der Waals surface area contributed by atoms with Crippen molar-refractivity contribution in [2.75, 3.05) is 13.7 Å². The number of halogens is 2. The summed E-state index contributed by atoms with van der Waals surface area (Å²) in [6.07, 6.45) is -0.0556. The number of methoxy groups -OCH3 is 1. The first kappa shape index (κ1) is 17.9. The minimum atomic E-state index is -0.632. The van der Waals surface area contributed by atoms with E-state index in [-0.39, 0.29) is 18.7 Å². The fourth-order valence-corrected chi connectivity index (χ4v) is 1.72. The second-order valence-electron chi connectivity index (χ2n) is 5.77. The summed E-state index contributed by atoms with van der Waals surface area (Å²) >= 11 is 0. The molecule has 0 aliphatic carbocycles. The minimum Gasteiger partial charge on any atom is -0.494 e. The molecule has 22 heavy (non-hydrogen) atoms. The zero-order valence-corrected chi connectivity index (χ0v) is 13.2. The molecule has 1 N–H and O–H groups in total. The van der Waals surface area contributed by atoms with Crippen LogP contribution in [0.3, 0.4) is 0 Å². The third kappa shape index (κ3) is 6.11. The molecule has 0 unspecified atom stereocenters. The molecule has 1 amide bonds. The number of carbonyl (C=O) groups excluding carboxylic acids is 1. The van der Waals surface area contributed by atoms with E-state index in [1.54, 1.807) is 26.8 Å². The highest BCUT2D eigenvalue weighted by Gasteiger charge is 2.16. The summed E-state index contributed by atoms with van der Waals surface area (Å²) in [5, 5.41) is 2.46. The van der Waals surface area contributed by atoms with Crippen molar-refractivity contribution >= 4 is 6.09 Å². The van der Waals surface area contributed by atoms with Crippen molar-refractivity contribution in [3.63, 3.8) is 0 Å². The Bertz CT molecular complexity index is 551. The van der Waals surface area contributed by atoms with Crippen LogP contribution in [0.5, 0.6) is 5.75 Å². The van der Waals surface area contributed by atoms with Crippen LogP contribution in [0.4, 0.5) is 13.6 Å². The first-order chi connectivity index (χ1) is 10.2. The average Bonchev–Trinajstić information content (AvgIpc) is 2.41. The molecular formula is C16H21F2NO3. The summed E-state index contributed by atoms with van der Waals surface area (Å²) < 4.78 is 36.4. The molecule has 0 aliphatic heterocycles. The van der Waals surface area contributed by atoms with E-state index in [9.17, 15) is 13.6 Å². The van der Waals surface area contributed by atoms with Gasteiger partial charge in [-0.15, -0.1) is 0 Å². The summed E-state index contributed by atoms with van der Waals surface area (Å²) in [7, 11) is 1.37. The Morgan fingerprint density at radius 2 is 2.05 bits per heavy atom. The van der Waals surface area contributed by atoms with Crippen LogP contribution in [0, 0.1) is 5.82 Å². The third-order valence-electron chi connectivity index (χ3n) is 2.66. The number of hydrogen-bond donors (Lipinski definition) is 1. The topological polar surface area (TPSA) is 47.6 Å². The molecule has 0 fully saturated rings. The average molecular weight is 313 g/mol. The van der Waals surface area contributed by atoms with Gasteiger partial charge in [-0.05, 0) is 50.5 Å². The normalized spacial score (nSPS) is 12.0. The van der Waals surface area contributed by atoms with Gasteiger partial charge in [0.1, 0.15) is 5.60 Å². The highest BCUT2D eigenvalue weighted by atomic mass is 19.1. The van der Waals surface area contributed by atoms with Crippen molar-refractivity contribution < 1.29 is 23.0 Å². The van der Waals surface area contributed by atoms with Gasteiger partial charge in [0, 0.05) is 6.54 Å². The summed E-state index contributed by atoms with van der Waals surface area (Å²) in [6.45, 7) is 5.19. The molecule has 0 radical (unpaired) electrons. The molecular weight excluding hydrogens is 292 g/mol. The minimum absolute atomic E-state index is 0.0148. The lowest BCUT2D eigenvalue weighted by molar-refractivity contribution is 0.0532. The molecule has 1 aromatic rings. The number of hydrogen-bond acceptors (Lipinski definition) is 3. The van der Waals surface area contributed by atoms with Gasteiger partial charge in [-0.25, -0.2) is 13.6 Å². The van der Waals surface area contributed by atoms with Gasteiger partial charge in [0.15, 0.2) is 11.6 Å². The molecule has 0 atom stereocenters. The number of ether oxygens (including phenoxy) is 2. The largest absolute Gasteiger partial charge is 0.494 e. The molecule has 0 saturated heterocycles. The van der Waals surface area contributed by atoms with Crippen LogP contribution in [0.1, 0.15) is 26.3 Å². The van der Waals surface area contributed by atoms with Gasteiger partial charge in [0.25, 0.3) is 0 Å². The smallest absolute Gasteiger partial charge is 0.407 e. The molecule has 0 aliphatic rings. The van der Waals surface area contributed by atoms with E-state index in [2.05, 4.69) is 5.32 Å². The van der Waals surface area contributed by atoms with E-state index in [0.29, 0.717) is 17.5 Å². The van der Waals surface area contributed by atoms with Gasteiger partial charge in [-0.1, -0.05) is 6.07 Å². The summed E-state index contributed by atoms with van der Waals surface area (Å²) in [4.78, 5) is 11.5. The Morgan fingerprint density at radius 1 is 1.36 bits per heavy atom. The van der Waals surface area contributed by atoms with Crippen molar-refractivity contribution in [2.24, 2.45) is 0 Å². The summed E-state index contributed by atoms with van der Waals surface area (Å²) in [5.41, 5.74) is 0.256. The predicted molar refractivity (Wildman–Crippen MR) is 80.1 cm³/mol. The van der Waals surface area contributed by atoms with Crippen molar-refractivity contribution in [2.45, 2.75) is 32.8 Å². The lowest BCUT2D eigenvalue weighted by Gasteiger charge is -2.20. The number of rotatable bonds is 5. The fraction of sp³-hybridized carbons (Fsp3) is 0.438. The third-order valence-corrected chi connectivity index (χ3v) is 2.66. The molecule has 0 spiro atoms. The van der Waals surface area contributed by atoms with E-state index in [1.165, 1.54) is 19.2 Å². The van der Waals surface area contributed by atoms with Gasteiger partial charge in [-0.3, -0.25) is 0 Å². The first-order valence-corrected chi connectivity index (χ1v) is 6.82. The molecule has 4 nitrogen and oxygen atoms in total. The standard InChI is InChI=1S/C16H21F2NO3/c1-16(2,3)22-15(20)19-10-12(9-17)7-11-5-6-14(21-4)13(18)8-11/h5-6,8-9H,7,10H2,1-4H3,(H,19,20). The van der Waals surface area contributed by atoms with E-state index in [1.807, 2.05) is 0 Å². The molecule has 0 aromatic heterocycles. The highest BCUT2D eigenvalue weighted by molar-refractivity contribution is 5.68. The SMILES string of the molecule is COc1ccc(CC(=CF)CNC(=O)OC(C)(C)C)cc1F. The molecule has 1 rings (SSSR count). The zero-order valence-electron chi connectivity index (χ0n) is 13.2. The molecule has 0 bridgehead atoms. The van der Waals surface area contributed by atoms with E-state index >= 15 is 0 Å². The molecule has 122 valence electrons. The van der Waals surface area contributed by atoms with Crippen LogP contribution >= 0.6 is 0 Å². The maximum Gasteiger partial charge on any atom is 0.407 e.